The van der Waals surface area contributed by atoms with Crippen LogP contribution >= 0.6 is 0 Å². The topological polar surface area (TPSA) is 52.3 Å². The zero-order chi connectivity index (χ0) is 11.4. The molecule has 0 saturated carbocycles. The molecule has 1 aromatic rings. The Hall–Kier alpha value is -1.19. The van der Waals surface area contributed by atoms with Crippen LogP contribution in [-0.2, 0) is 4.74 Å². The number of carbonyl (C=O) groups is 1. The van der Waals surface area contributed by atoms with Crippen molar-refractivity contribution in [3.63, 3.8) is 0 Å². The molecule has 0 amide bonds. The van der Waals surface area contributed by atoms with Crippen molar-refractivity contribution in [2.24, 2.45) is 5.73 Å². The molecule has 0 aliphatic heterocycles. The lowest BCUT2D eigenvalue weighted by molar-refractivity contribution is 0.0892. The van der Waals surface area contributed by atoms with E-state index >= 15 is 0 Å². The highest BCUT2D eigenvalue weighted by Crippen LogP contribution is 2.10. The largest absolute Gasteiger partial charge is 0.383 e. The average Bonchev–Trinajstić information content (AvgIpc) is 2.15. The molecule has 82 valence electrons. The molecule has 3 heteroatoms. The Bertz CT molecular complexity index is 340. The summed E-state index contributed by atoms with van der Waals surface area (Å²) in [5.41, 5.74) is 8.49. The predicted molar refractivity (Wildman–Crippen MR) is 60.1 cm³/mol. The van der Waals surface area contributed by atoms with Crippen molar-refractivity contribution in [1.82, 2.24) is 0 Å². The van der Waals surface area contributed by atoms with Crippen LogP contribution in [0, 0.1) is 13.8 Å². The third-order valence-electron chi connectivity index (χ3n) is 2.19. The smallest absolute Gasteiger partial charge is 0.181 e. The van der Waals surface area contributed by atoms with Crippen LogP contribution in [0.2, 0.25) is 0 Å². The molecule has 1 unspecified atom stereocenters. The first kappa shape index (κ1) is 11.9. The van der Waals surface area contributed by atoms with Crippen molar-refractivity contribution in [2.45, 2.75) is 19.9 Å². The highest BCUT2D eigenvalue weighted by Gasteiger charge is 2.15. The Balaban J connectivity index is 2.90. The molecule has 1 rings (SSSR count). The van der Waals surface area contributed by atoms with E-state index in [2.05, 4.69) is 0 Å². The van der Waals surface area contributed by atoms with Crippen molar-refractivity contribution in [3.05, 3.63) is 34.9 Å². The minimum absolute atomic E-state index is 0.0661. The van der Waals surface area contributed by atoms with Crippen molar-refractivity contribution < 1.29 is 9.53 Å². The van der Waals surface area contributed by atoms with Gasteiger partial charge >= 0.3 is 0 Å². The molecule has 0 spiro atoms. The lowest BCUT2D eigenvalue weighted by atomic mass is 10.0. The average molecular weight is 207 g/mol. The van der Waals surface area contributed by atoms with Gasteiger partial charge in [0.1, 0.15) is 0 Å². The molecule has 0 aromatic heterocycles. The lowest BCUT2D eigenvalue weighted by Gasteiger charge is -2.10. The molecule has 0 aliphatic rings. The summed E-state index contributed by atoms with van der Waals surface area (Å²) >= 11 is 0. The van der Waals surface area contributed by atoms with Gasteiger partial charge in [0, 0.05) is 12.7 Å². The monoisotopic (exact) mass is 207 g/mol. The van der Waals surface area contributed by atoms with Gasteiger partial charge in [0.05, 0.1) is 12.6 Å². The number of methoxy groups -OCH3 is 1. The minimum Gasteiger partial charge on any atom is -0.383 e. The Labute approximate surface area is 90.2 Å². The molecule has 0 heterocycles. The number of carbonyl (C=O) groups excluding carboxylic acids is 1. The number of hydrogen-bond donors (Lipinski definition) is 1. The molecule has 1 atom stereocenters. The second-order valence-corrected chi connectivity index (χ2v) is 3.80. The Kier molecular flexibility index (Phi) is 4.00. The molecule has 1 aromatic carbocycles. The van der Waals surface area contributed by atoms with Gasteiger partial charge < -0.3 is 10.5 Å². The number of hydrogen-bond acceptors (Lipinski definition) is 3. The summed E-state index contributed by atoms with van der Waals surface area (Å²) in [7, 11) is 1.54. The zero-order valence-electron chi connectivity index (χ0n) is 9.41. The summed E-state index contributed by atoms with van der Waals surface area (Å²) in [6.07, 6.45) is 0. The normalized spacial score (nSPS) is 12.5. The van der Waals surface area contributed by atoms with Gasteiger partial charge in [-0.2, -0.15) is 0 Å². The van der Waals surface area contributed by atoms with E-state index in [-0.39, 0.29) is 12.4 Å². The quantitative estimate of drug-likeness (QED) is 0.760. The number of aryl methyl sites for hydroxylation is 2. The molecular formula is C12H17NO2. The van der Waals surface area contributed by atoms with Crippen LogP contribution in [-0.4, -0.2) is 25.5 Å². The fraction of sp³-hybridized carbons (Fsp3) is 0.417. The standard InChI is InChI=1S/C12H17NO2/c1-8-4-9(2)6-10(5-8)12(14)11(13)7-15-3/h4-6,11H,7,13H2,1-3H3. The first-order valence-electron chi connectivity index (χ1n) is 4.91. The Morgan fingerprint density at radius 2 is 1.87 bits per heavy atom. The zero-order valence-corrected chi connectivity index (χ0v) is 9.41. The van der Waals surface area contributed by atoms with Crippen LogP contribution in [0.5, 0.6) is 0 Å². The van der Waals surface area contributed by atoms with Gasteiger partial charge in [-0.25, -0.2) is 0 Å². The van der Waals surface area contributed by atoms with Crippen LogP contribution in [0.15, 0.2) is 18.2 Å². The molecule has 0 saturated heterocycles. The van der Waals surface area contributed by atoms with Gasteiger partial charge in [-0.15, -0.1) is 0 Å². The van der Waals surface area contributed by atoms with E-state index in [4.69, 9.17) is 10.5 Å². The van der Waals surface area contributed by atoms with Crippen LogP contribution in [0.1, 0.15) is 21.5 Å². The molecule has 3 nitrogen and oxygen atoms in total. The second-order valence-electron chi connectivity index (χ2n) is 3.80. The van der Waals surface area contributed by atoms with E-state index in [1.165, 1.54) is 7.11 Å². The van der Waals surface area contributed by atoms with E-state index < -0.39 is 6.04 Å². The van der Waals surface area contributed by atoms with Crippen molar-refractivity contribution in [3.8, 4) is 0 Å². The summed E-state index contributed by atoms with van der Waals surface area (Å²) in [5.74, 6) is -0.0661. The third-order valence-corrected chi connectivity index (χ3v) is 2.19. The van der Waals surface area contributed by atoms with Crippen LogP contribution in [0.4, 0.5) is 0 Å². The van der Waals surface area contributed by atoms with E-state index in [1.807, 2.05) is 32.0 Å². The predicted octanol–water partition coefficient (Wildman–Crippen LogP) is 1.46. The molecule has 0 radical (unpaired) electrons. The highest BCUT2D eigenvalue weighted by atomic mass is 16.5. The Morgan fingerprint density at radius 1 is 1.33 bits per heavy atom. The number of benzene rings is 1. The maximum atomic E-state index is 11.8. The maximum absolute atomic E-state index is 11.8. The first-order chi connectivity index (χ1) is 7.04. The van der Waals surface area contributed by atoms with Crippen molar-refractivity contribution in [2.75, 3.05) is 13.7 Å². The van der Waals surface area contributed by atoms with Crippen molar-refractivity contribution in [1.29, 1.82) is 0 Å². The maximum Gasteiger partial charge on any atom is 0.181 e. The lowest BCUT2D eigenvalue weighted by Crippen LogP contribution is -2.34. The second kappa shape index (κ2) is 5.05. The van der Waals surface area contributed by atoms with Crippen molar-refractivity contribution >= 4 is 5.78 Å². The highest BCUT2D eigenvalue weighted by molar-refractivity contribution is 6.00. The van der Waals surface area contributed by atoms with E-state index in [0.717, 1.165) is 11.1 Å². The van der Waals surface area contributed by atoms with Crippen LogP contribution in [0.3, 0.4) is 0 Å². The fourth-order valence-corrected chi connectivity index (χ4v) is 1.59. The molecule has 0 fully saturated rings. The molecule has 0 aliphatic carbocycles. The summed E-state index contributed by atoms with van der Waals surface area (Å²) in [4.78, 5) is 11.8. The number of ketones is 1. The summed E-state index contributed by atoms with van der Waals surface area (Å²) < 4.78 is 4.86. The SMILES string of the molecule is COCC(N)C(=O)c1cc(C)cc(C)c1. The number of nitrogens with two attached hydrogens (primary N) is 1. The van der Waals surface area contributed by atoms with Gasteiger partial charge in [-0.05, 0) is 26.0 Å². The molecule has 0 bridgehead atoms. The van der Waals surface area contributed by atoms with Gasteiger partial charge in [0.15, 0.2) is 5.78 Å². The minimum atomic E-state index is -0.573. The number of ether oxygens (including phenoxy) is 1. The number of rotatable bonds is 4. The third kappa shape index (κ3) is 3.15. The molecule has 15 heavy (non-hydrogen) atoms. The van der Waals surface area contributed by atoms with Gasteiger partial charge in [0.2, 0.25) is 0 Å². The van der Waals surface area contributed by atoms with Crippen LogP contribution < -0.4 is 5.73 Å². The number of Topliss-reactive ketones (excluding diaryl/α,β-unsaturated/α-hetero) is 1. The molecular weight excluding hydrogens is 190 g/mol. The van der Waals surface area contributed by atoms with Gasteiger partial charge in [-0.3, -0.25) is 4.79 Å². The summed E-state index contributed by atoms with van der Waals surface area (Å²) in [5, 5.41) is 0. The van der Waals surface area contributed by atoms with Gasteiger partial charge in [0.25, 0.3) is 0 Å². The van der Waals surface area contributed by atoms with Crippen LogP contribution in [0.25, 0.3) is 0 Å². The summed E-state index contributed by atoms with van der Waals surface area (Å²) in [6.45, 7) is 4.18. The Morgan fingerprint density at radius 3 is 2.33 bits per heavy atom. The summed E-state index contributed by atoms with van der Waals surface area (Å²) in [6, 6.07) is 5.16. The van der Waals surface area contributed by atoms with E-state index in [0.29, 0.717) is 5.56 Å². The molecule has 2 N–H and O–H groups in total. The fourth-order valence-electron chi connectivity index (χ4n) is 1.59. The first-order valence-corrected chi connectivity index (χ1v) is 4.91. The van der Waals surface area contributed by atoms with Gasteiger partial charge in [-0.1, -0.05) is 17.2 Å². The van der Waals surface area contributed by atoms with E-state index in [9.17, 15) is 4.79 Å². The van der Waals surface area contributed by atoms with E-state index in [1.54, 1.807) is 0 Å².